The summed E-state index contributed by atoms with van der Waals surface area (Å²) in [4.78, 5) is 14.2. The highest BCUT2D eigenvalue weighted by Crippen LogP contribution is 2.18. The maximum atomic E-state index is 11.8. The van der Waals surface area contributed by atoms with Crippen molar-refractivity contribution in [1.82, 2.24) is 20.4 Å². The molecule has 1 aliphatic rings. The summed E-state index contributed by atoms with van der Waals surface area (Å²) in [6.45, 7) is 6.71. The highest BCUT2D eigenvalue weighted by Gasteiger charge is 2.20. The second-order valence-corrected chi connectivity index (χ2v) is 5.34. The van der Waals surface area contributed by atoms with Crippen LogP contribution in [-0.4, -0.2) is 46.7 Å². The van der Waals surface area contributed by atoms with E-state index in [1.165, 1.54) is 25.7 Å². The molecule has 0 bridgehead atoms. The molecule has 0 radical (unpaired) electrons. The number of amides is 1. The largest absolute Gasteiger partial charge is 0.425 e. The molecule has 1 aromatic heterocycles. The van der Waals surface area contributed by atoms with Crippen molar-refractivity contribution in [2.24, 2.45) is 0 Å². The molecule has 1 atom stereocenters. The van der Waals surface area contributed by atoms with E-state index in [4.69, 9.17) is 4.42 Å². The van der Waals surface area contributed by atoms with Gasteiger partial charge in [-0.1, -0.05) is 13.3 Å². The third-order valence-electron chi connectivity index (χ3n) is 3.82. The van der Waals surface area contributed by atoms with Gasteiger partial charge in [-0.2, -0.15) is 0 Å². The fourth-order valence-corrected chi connectivity index (χ4v) is 2.76. The van der Waals surface area contributed by atoms with Crippen LogP contribution in [0.3, 0.4) is 0 Å². The lowest BCUT2D eigenvalue weighted by Gasteiger charge is -2.35. The Labute approximate surface area is 119 Å². The van der Waals surface area contributed by atoms with Crippen molar-refractivity contribution in [2.45, 2.75) is 52.0 Å². The molecule has 0 aromatic carbocycles. The lowest BCUT2D eigenvalue weighted by molar-refractivity contribution is -0.120. The van der Waals surface area contributed by atoms with Gasteiger partial charge in [0, 0.05) is 26.1 Å². The molecular formula is C14H24N4O2. The number of aryl methyl sites for hydroxylation is 1. The molecule has 0 aliphatic carbocycles. The summed E-state index contributed by atoms with van der Waals surface area (Å²) in [5, 5.41) is 10.5. The number of hydrogen-bond donors (Lipinski definition) is 1. The van der Waals surface area contributed by atoms with Gasteiger partial charge in [0.25, 0.3) is 0 Å². The number of carbonyl (C=O) groups excluding carboxylic acids is 1. The molecule has 112 valence electrons. The van der Waals surface area contributed by atoms with Crippen LogP contribution in [0.1, 0.15) is 44.4 Å². The Morgan fingerprint density at radius 3 is 3.00 bits per heavy atom. The number of piperidine rings is 1. The smallest absolute Gasteiger partial charge is 0.229 e. The van der Waals surface area contributed by atoms with Crippen LogP contribution in [0.5, 0.6) is 0 Å². The van der Waals surface area contributed by atoms with E-state index in [9.17, 15) is 4.79 Å². The van der Waals surface area contributed by atoms with Crippen molar-refractivity contribution in [2.75, 3.05) is 19.6 Å². The Bertz CT molecular complexity index is 433. The molecule has 2 rings (SSSR count). The molecule has 20 heavy (non-hydrogen) atoms. The Balaban J connectivity index is 1.68. The summed E-state index contributed by atoms with van der Waals surface area (Å²) in [6, 6.07) is 0.680. The van der Waals surface area contributed by atoms with E-state index in [1.54, 1.807) is 6.92 Å². The van der Waals surface area contributed by atoms with Crippen molar-refractivity contribution >= 4 is 5.91 Å². The number of aromatic nitrogens is 2. The molecule has 1 unspecified atom stereocenters. The molecule has 1 fully saturated rings. The summed E-state index contributed by atoms with van der Waals surface area (Å²) in [6.07, 6.45) is 5.24. The first-order valence-electron chi connectivity index (χ1n) is 7.48. The lowest BCUT2D eigenvalue weighted by Crippen LogP contribution is -2.43. The summed E-state index contributed by atoms with van der Waals surface area (Å²) in [5.74, 6) is 0.815. The van der Waals surface area contributed by atoms with Crippen molar-refractivity contribution in [3.05, 3.63) is 11.8 Å². The Kier molecular flexibility index (Phi) is 5.52. The molecule has 2 heterocycles. The molecule has 0 saturated carbocycles. The minimum atomic E-state index is -0.0568. The fourth-order valence-electron chi connectivity index (χ4n) is 2.76. The van der Waals surface area contributed by atoms with Crippen LogP contribution >= 0.6 is 0 Å². The molecule has 0 spiro atoms. The van der Waals surface area contributed by atoms with Gasteiger partial charge in [0.15, 0.2) is 0 Å². The minimum absolute atomic E-state index is 0.0568. The van der Waals surface area contributed by atoms with Gasteiger partial charge >= 0.3 is 0 Å². The minimum Gasteiger partial charge on any atom is -0.425 e. The average molecular weight is 280 g/mol. The molecule has 1 saturated heterocycles. The topological polar surface area (TPSA) is 71.3 Å². The number of nitrogens with one attached hydrogen (secondary N) is 1. The highest BCUT2D eigenvalue weighted by atomic mass is 16.4. The third kappa shape index (κ3) is 4.30. The van der Waals surface area contributed by atoms with Crippen LogP contribution in [0.15, 0.2) is 4.42 Å². The SMILES string of the molecule is CCC1CCCCN1CCNC(=O)Cc1nnc(C)o1. The van der Waals surface area contributed by atoms with E-state index in [2.05, 4.69) is 27.3 Å². The van der Waals surface area contributed by atoms with Gasteiger partial charge in [-0.05, 0) is 25.8 Å². The van der Waals surface area contributed by atoms with Crippen LogP contribution in [0, 0.1) is 6.92 Å². The first kappa shape index (κ1) is 15.0. The predicted octanol–water partition coefficient (Wildman–Crippen LogP) is 1.30. The fraction of sp³-hybridized carbons (Fsp3) is 0.786. The second-order valence-electron chi connectivity index (χ2n) is 5.34. The van der Waals surface area contributed by atoms with Crippen LogP contribution < -0.4 is 5.32 Å². The lowest BCUT2D eigenvalue weighted by atomic mass is 10.0. The second kappa shape index (κ2) is 7.38. The van der Waals surface area contributed by atoms with Crippen LogP contribution in [0.25, 0.3) is 0 Å². The molecule has 6 heteroatoms. The van der Waals surface area contributed by atoms with Gasteiger partial charge < -0.3 is 9.73 Å². The standard InChI is InChI=1S/C14H24N4O2/c1-3-12-6-4-5-8-18(12)9-7-15-13(19)10-14-17-16-11(2)20-14/h12H,3-10H2,1-2H3,(H,15,19). The van der Waals surface area contributed by atoms with Crippen LogP contribution in [0.4, 0.5) is 0 Å². The van der Waals surface area contributed by atoms with Crippen molar-refractivity contribution in [3.63, 3.8) is 0 Å². The maximum Gasteiger partial charge on any atom is 0.229 e. The van der Waals surface area contributed by atoms with Gasteiger partial charge in [0.1, 0.15) is 6.42 Å². The molecular weight excluding hydrogens is 256 g/mol. The summed E-state index contributed by atoms with van der Waals surface area (Å²) < 4.78 is 5.19. The van der Waals surface area contributed by atoms with Gasteiger partial charge in [-0.25, -0.2) is 0 Å². The van der Waals surface area contributed by atoms with E-state index in [1.807, 2.05) is 0 Å². The zero-order chi connectivity index (χ0) is 14.4. The van der Waals surface area contributed by atoms with E-state index in [0.717, 1.165) is 13.1 Å². The molecule has 1 amide bonds. The summed E-state index contributed by atoms with van der Waals surface area (Å²) in [7, 11) is 0. The maximum absolute atomic E-state index is 11.8. The number of likely N-dealkylation sites (tertiary alicyclic amines) is 1. The predicted molar refractivity (Wildman–Crippen MR) is 75.3 cm³/mol. The zero-order valence-electron chi connectivity index (χ0n) is 12.4. The van der Waals surface area contributed by atoms with Gasteiger partial charge in [0.05, 0.1) is 0 Å². The number of rotatable bonds is 6. The highest BCUT2D eigenvalue weighted by molar-refractivity contribution is 5.77. The Morgan fingerprint density at radius 1 is 1.45 bits per heavy atom. The van der Waals surface area contributed by atoms with Gasteiger partial charge in [0.2, 0.25) is 17.7 Å². The summed E-state index contributed by atoms with van der Waals surface area (Å²) in [5.41, 5.74) is 0. The third-order valence-corrected chi connectivity index (χ3v) is 3.82. The molecule has 1 N–H and O–H groups in total. The van der Waals surface area contributed by atoms with Crippen molar-refractivity contribution in [3.8, 4) is 0 Å². The Hall–Kier alpha value is -1.43. The molecule has 1 aliphatic heterocycles. The number of nitrogens with zero attached hydrogens (tertiary/aromatic N) is 3. The Morgan fingerprint density at radius 2 is 2.30 bits per heavy atom. The van der Waals surface area contributed by atoms with E-state index in [0.29, 0.717) is 24.4 Å². The van der Waals surface area contributed by atoms with Gasteiger partial charge in [-0.3, -0.25) is 9.69 Å². The van der Waals surface area contributed by atoms with E-state index in [-0.39, 0.29) is 12.3 Å². The molecule has 1 aromatic rings. The van der Waals surface area contributed by atoms with E-state index < -0.39 is 0 Å². The quantitative estimate of drug-likeness (QED) is 0.850. The van der Waals surface area contributed by atoms with Crippen LogP contribution in [-0.2, 0) is 11.2 Å². The van der Waals surface area contributed by atoms with Crippen molar-refractivity contribution < 1.29 is 9.21 Å². The molecule has 6 nitrogen and oxygen atoms in total. The normalized spacial score (nSPS) is 20.0. The van der Waals surface area contributed by atoms with Crippen molar-refractivity contribution in [1.29, 1.82) is 0 Å². The first-order chi connectivity index (χ1) is 9.69. The average Bonchev–Trinajstić information content (AvgIpc) is 2.84. The monoisotopic (exact) mass is 280 g/mol. The van der Waals surface area contributed by atoms with Crippen LogP contribution in [0.2, 0.25) is 0 Å². The first-order valence-corrected chi connectivity index (χ1v) is 7.48. The zero-order valence-corrected chi connectivity index (χ0v) is 12.4. The van der Waals surface area contributed by atoms with E-state index >= 15 is 0 Å². The van der Waals surface area contributed by atoms with Gasteiger partial charge in [-0.15, -0.1) is 10.2 Å². The number of hydrogen-bond acceptors (Lipinski definition) is 5. The number of carbonyl (C=O) groups is 1. The summed E-state index contributed by atoms with van der Waals surface area (Å²) >= 11 is 0.